The Labute approximate surface area is 118 Å². The third-order valence-electron chi connectivity index (χ3n) is 2.69. The van der Waals surface area contributed by atoms with Crippen molar-refractivity contribution in [3.63, 3.8) is 0 Å². The van der Waals surface area contributed by atoms with Gasteiger partial charge in [-0.3, -0.25) is 14.9 Å². The lowest BCUT2D eigenvalue weighted by molar-refractivity contribution is -0.385. The molecule has 1 aromatic carbocycles. The van der Waals surface area contributed by atoms with Crippen molar-refractivity contribution in [2.45, 2.75) is 23.1 Å². The van der Waals surface area contributed by atoms with Gasteiger partial charge in [0.15, 0.2) is 0 Å². The van der Waals surface area contributed by atoms with E-state index in [-0.39, 0.29) is 18.2 Å². The maximum atomic E-state index is 11.6. The van der Waals surface area contributed by atoms with E-state index in [4.69, 9.17) is 4.74 Å². The molecule has 7 nitrogen and oxygen atoms in total. The Kier molecular flexibility index (Phi) is 4.23. The van der Waals surface area contributed by atoms with Gasteiger partial charge in [-0.15, -0.1) is 11.8 Å². The molecule has 0 radical (unpaired) electrons. The number of benzene rings is 1. The number of non-ortho nitro benzene ring substituents is 1. The molecule has 1 N–H and O–H groups in total. The number of amides is 1. The predicted octanol–water partition coefficient (Wildman–Crippen LogP) is 1.12. The number of rotatable bonds is 5. The summed E-state index contributed by atoms with van der Waals surface area (Å²) in [6.07, 6.45) is 0. The van der Waals surface area contributed by atoms with Crippen molar-refractivity contribution >= 4 is 29.3 Å². The SMILES string of the molecule is CCOC(=O)[C@H]1NC(=O)C1Sc1cccc([N+](=O)[O-])c1. The van der Waals surface area contributed by atoms with E-state index >= 15 is 0 Å². The predicted molar refractivity (Wildman–Crippen MR) is 71.3 cm³/mol. The van der Waals surface area contributed by atoms with Crippen molar-refractivity contribution in [1.29, 1.82) is 0 Å². The lowest BCUT2D eigenvalue weighted by Gasteiger charge is -2.33. The lowest BCUT2D eigenvalue weighted by Crippen LogP contribution is -2.64. The molecule has 1 aliphatic rings. The highest BCUT2D eigenvalue weighted by Crippen LogP contribution is 2.32. The largest absolute Gasteiger partial charge is 0.464 e. The van der Waals surface area contributed by atoms with Gasteiger partial charge >= 0.3 is 5.97 Å². The summed E-state index contributed by atoms with van der Waals surface area (Å²) in [6, 6.07) is 5.24. The van der Waals surface area contributed by atoms with Crippen LogP contribution in [0, 0.1) is 10.1 Å². The molecule has 1 aromatic rings. The summed E-state index contributed by atoms with van der Waals surface area (Å²) < 4.78 is 4.85. The van der Waals surface area contributed by atoms with Gasteiger partial charge in [-0.05, 0) is 13.0 Å². The third-order valence-corrected chi connectivity index (χ3v) is 3.96. The van der Waals surface area contributed by atoms with Crippen LogP contribution in [-0.2, 0) is 14.3 Å². The Morgan fingerprint density at radius 3 is 2.90 bits per heavy atom. The van der Waals surface area contributed by atoms with Crippen LogP contribution in [-0.4, -0.2) is 34.7 Å². The Morgan fingerprint density at radius 1 is 1.55 bits per heavy atom. The van der Waals surface area contributed by atoms with Gasteiger partial charge < -0.3 is 10.1 Å². The second-order valence-corrected chi connectivity index (χ2v) is 5.25. The van der Waals surface area contributed by atoms with E-state index in [1.807, 2.05) is 0 Å². The topological polar surface area (TPSA) is 98.5 Å². The molecule has 0 aliphatic carbocycles. The summed E-state index contributed by atoms with van der Waals surface area (Å²) in [5.41, 5.74) is -0.0533. The first-order valence-corrected chi connectivity index (χ1v) is 6.79. The van der Waals surface area contributed by atoms with E-state index in [9.17, 15) is 19.7 Å². The minimum Gasteiger partial charge on any atom is -0.464 e. The minimum atomic E-state index is -0.702. The highest BCUT2D eigenvalue weighted by atomic mass is 32.2. The first-order chi connectivity index (χ1) is 9.52. The number of nitrogens with zero attached hydrogens (tertiary/aromatic N) is 1. The number of nitrogens with one attached hydrogen (secondary N) is 1. The van der Waals surface area contributed by atoms with Crippen LogP contribution in [0.5, 0.6) is 0 Å². The molecule has 1 aliphatic heterocycles. The van der Waals surface area contributed by atoms with Crippen LogP contribution >= 0.6 is 11.8 Å². The summed E-state index contributed by atoms with van der Waals surface area (Å²) in [4.78, 5) is 33.8. The summed E-state index contributed by atoms with van der Waals surface area (Å²) >= 11 is 1.12. The number of hydrogen-bond donors (Lipinski definition) is 1. The van der Waals surface area contributed by atoms with Crippen LogP contribution in [0.1, 0.15) is 6.92 Å². The minimum absolute atomic E-state index is 0.0533. The van der Waals surface area contributed by atoms with Crippen molar-refractivity contribution in [1.82, 2.24) is 5.32 Å². The molecule has 1 saturated heterocycles. The fourth-order valence-electron chi connectivity index (χ4n) is 1.72. The molecule has 1 amide bonds. The Balaban J connectivity index is 2.08. The number of carbonyl (C=O) groups is 2. The highest BCUT2D eigenvalue weighted by molar-refractivity contribution is 8.00. The Bertz CT molecular complexity index is 563. The van der Waals surface area contributed by atoms with Gasteiger partial charge in [0, 0.05) is 17.0 Å². The van der Waals surface area contributed by atoms with Crippen molar-refractivity contribution < 1.29 is 19.2 Å². The first kappa shape index (κ1) is 14.3. The molecule has 0 saturated carbocycles. The molecular weight excluding hydrogens is 284 g/mol. The van der Waals surface area contributed by atoms with Gasteiger partial charge in [-0.25, -0.2) is 4.79 Å². The van der Waals surface area contributed by atoms with Crippen LogP contribution in [0.3, 0.4) is 0 Å². The molecule has 1 unspecified atom stereocenters. The van der Waals surface area contributed by atoms with Crippen LogP contribution in [0.25, 0.3) is 0 Å². The number of ether oxygens (including phenoxy) is 1. The van der Waals surface area contributed by atoms with Crippen molar-refractivity contribution in [3.8, 4) is 0 Å². The van der Waals surface area contributed by atoms with E-state index in [1.54, 1.807) is 13.0 Å². The molecular formula is C12H12N2O5S. The summed E-state index contributed by atoms with van der Waals surface area (Å²) in [6.45, 7) is 1.92. The second-order valence-electron chi connectivity index (χ2n) is 4.03. The van der Waals surface area contributed by atoms with E-state index < -0.39 is 22.2 Å². The average molecular weight is 296 g/mol. The zero-order valence-corrected chi connectivity index (χ0v) is 11.4. The van der Waals surface area contributed by atoms with Crippen LogP contribution in [0.2, 0.25) is 0 Å². The van der Waals surface area contributed by atoms with Crippen LogP contribution in [0.15, 0.2) is 29.2 Å². The van der Waals surface area contributed by atoms with Crippen molar-refractivity contribution in [2.75, 3.05) is 6.61 Å². The van der Waals surface area contributed by atoms with Gasteiger partial charge in [0.25, 0.3) is 5.69 Å². The molecule has 106 valence electrons. The number of carbonyl (C=O) groups excluding carboxylic acids is 2. The summed E-state index contributed by atoms with van der Waals surface area (Å²) in [5, 5.41) is 12.5. The standard InChI is InChI=1S/C12H12N2O5S/c1-2-19-12(16)9-10(11(15)13-9)20-8-5-3-4-7(6-8)14(17)18/h3-6,9-10H,2H2,1H3,(H,13,15)/t9-,10?/m0/s1. The first-order valence-electron chi connectivity index (χ1n) is 5.91. The summed E-state index contributed by atoms with van der Waals surface area (Å²) in [5.74, 6) is -0.769. The molecule has 20 heavy (non-hydrogen) atoms. The molecule has 0 spiro atoms. The molecule has 8 heteroatoms. The maximum Gasteiger partial charge on any atom is 0.330 e. The highest BCUT2D eigenvalue weighted by Gasteiger charge is 2.45. The second kappa shape index (κ2) is 5.91. The van der Waals surface area contributed by atoms with Gasteiger partial charge in [0.2, 0.25) is 5.91 Å². The Hall–Kier alpha value is -2.09. The van der Waals surface area contributed by atoms with Crippen LogP contribution < -0.4 is 5.32 Å². The number of esters is 1. The zero-order valence-electron chi connectivity index (χ0n) is 10.6. The zero-order chi connectivity index (χ0) is 14.7. The fraction of sp³-hybridized carbons (Fsp3) is 0.333. The van der Waals surface area contributed by atoms with Gasteiger partial charge in [0.05, 0.1) is 11.5 Å². The van der Waals surface area contributed by atoms with E-state index in [0.29, 0.717) is 4.90 Å². The van der Waals surface area contributed by atoms with E-state index in [1.165, 1.54) is 18.2 Å². The normalized spacial score (nSPS) is 20.8. The third kappa shape index (κ3) is 2.90. The van der Waals surface area contributed by atoms with Gasteiger partial charge in [-0.2, -0.15) is 0 Å². The molecule has 1 heterocycles. The number of thioether (sulfide) groups is 1. The number of nitro groups is 1. The Morgan fingerprint density at radius 2 is 2.30 bits per heavy atom. The van der Waals surface area contributed by atoms with Crippen molar-refractivity contribution in [2.24, 2.45) is 0 Å². The fourth-order valence-corrected chi connectivity index (χ4v) is 2.85. The monoisotopic (exact) mass is 296 g/mol. The number of hydrogen-bond acceptors (Lipinski definition) is 6. The van der Waals surface area contributed by atoms with E-state index in [0.717, 1.165) is 11.8 Å². The maximum absolute atomic E-state index is 11.6. The van der Waals surface area contributed by atoms with Gasteiger partial charge in [-0.1, -0.05) is 6.07 Å². The van der Waals surface area contributed by atoms with Crippen molar-refractivity contribution in [3.05, 3.63) is 34.4 Å². The molecule has 2 atom stereocenters. The molecule has 1 fully saturated rings. The van der Waals surface area contributed by atoms with Gasteiger partial charge in [0.1, 0.15) is 11.3 Å². The molecule has 0 aromatic heterocycles. The van der Waals surface area contributed by atoms with E-state index in [2.05, 4.69) is 5.32 Å². The average Bonchev–Trinajstić information content (AvgIpc) is 2.42. The van der Waals surface area contributed by atoms with Crippen LogP contribution in [0.4, 0.5) is 5.69 Å². The molecule has 0 bridgehead atoms. The summed E-state index contributed by atoms with van der Waals surface area (Å²) in [7, 11) is 0. The number of nitro benzene ring substituents is 1. The quantitative estimate of drug-likeness (QED) is 0.378. The lowest BCUT2D eigenvalue weighted by atomic mass is 10.1. The number of β-lactam (4-membered cyclic amide) rings is 1. The smallest absolute Gasteiger partial charge is 0.330 e. The molecule has 2 rings (SSSR count).